The molecule has 2 aliphatic carbocycles. The maximum Gasteiger partial charge on any atom is 0.124 e. The summed E-state index contributed by atoms with van der Waals surface area (Å²) in [5.41, 5.74) is 2.05. The van der Waals surface area contributed by atoms with E-state index in [0.29, 0.717) is 35.4 Å². The Bertz CT molecular complexity index is 1340. The highest BCUT2D eigenvalue weighted by molar-refractivity contribution is 7.16. The third-order valence-corrected chi connectivity index (χ3v) is 6.55. The molecule has 3 aromatic heterocycles. The molecule has 0 N–H and O–H groups in total. The molecule has 3 heterocycles. The average Bonchev–Trinajstić information content (AvgIpc) is 3.13. The van der Waals surface area contributed by atoms with Gasteiger partial charge in [0.1, 0.15) is 4.83 Å². The topological polar surface area (TPSA) is 25.8 Å². The molecule has 0 saturated heterocycles. The van der Waals surface area contributed by atoms with Gasteiger partial charge >= 0.3 is 0 Å². The molecule has 0 unspecified atom stereocenters. The van der Waals surface area contributed by atoms with Crippen molar-refractivity contribution in [1.82, 2.24) is 9.97 Å². The van der Waals surface area contributed by atoms with Gasteiger partial charge < -0.3 is 0 Å². The first-order chi connectivity index (χ1) is 15.2. The van der Waals surface area contributed by atoms with E-state index in [1.54, 1.807) is 12.3 Å². The highest BCUT2D eigenvalue weighted by Gasteiger charge is 2.17. The lowest BCUT2D eigenvalue weighted by molar-refractivity contribution is 0.443. The van der Waals surface area contributed by atoms with Crippen LogP contribution in [-0.2, 0) is 0 Å². The molecule has 132 valence electrons. The summed E-state index contributed by atoms with van der Waals surface area (Å²) >= 11 is 1.43. The number of nitrogens with zero attached hydrogens (tertiary/aromatic N) is 2. The number of thiophene rings is 1. The van der Waals surface area contributed by atoms with Crippen molar-refractivity contribution >= 4 is 33.2 Å². The molecule has 1 fully saturated rings. The molecule has 2 aliphatic rings. The Morgan fingerprint density at radius 2 is 2.15 bits per heavy atom. The van der Waals surface area contributed by atoms with Crippen molar-refractivity contribution in [3.8, 4) is 0 Å². The minimum atomic E-state index is -2.26. The zero-order valence-corrected chi connectivity index (χ0v) is 15.4. The third kappa shape index (κ3) is 2.79. The van der Waals surface area contributed by atoms with Crippen LogP contribution in [-0.4, -0.2) is 9.97 Å². The van der Waals surface area contributed by atoms with E-state index in [1.165, 1.54) is 11.3 Å². The molecule has 0 bridgehead atoms. The number of aryl methyl sites for hydroxylation is 1. The van der Waals surface area contributed by atoms with Crippen LogP contribution in [0, 0.1) is 6.85 Å². The van der Waals surface area contributed by atoms with Crippen LogP contribution in [0.25, 0.3) is 21.9 Å². The van der Waals surface area contributed by atoms with Crippen molar-refractivity contribution in [2.75, 3.05) is 0 Å². The molecule has 3 heteroatoms. The number of pyridine rings is 2. The Morgan fingerprint density at radius 3 is 3.04 bits per heavy atom. The van der Waals surface area contributed by atoms with Gasteiger partial charge in [-0.05, 0) is 73.0 Å². The Labute approximate surface area is 166 Å². The van der Waals surface area contributed by atoms with Crippen LogP contribution < -0.4 is 9.75 Å². The fraction of sp³-hybridized carbons (Fsp3) is 0.391. The highest BCUT2D eigenvalue weighted by atomic mass is 32.1. The van der Waals surface area contributed by atoms with Crippen molar-refractivity contribution < 1.29 is 8.22 Å². The molecule has 0 amide bonds. The zero-order valence-electron chi connectivity index (χ0n) is 20.6. The van der Waals surface area contributed by atoms with E-state index in [-0.39, 0.29) is 17.8 Å². The van der Waals surface area contributed by atoms with E-state index in [4.69, 9.17) is 8.22 Å². The number of aromatic nitrogens is 2. The molecule has 0 aromatic carbocycles. The molecule has 3 aromatic rings. The Balaban J connectivity index is 1.69. The molecule has 5 rings (SSSR count). The minimum Gasteiger partial charge on any atom is -0.256 e. The summed E-state index contributed by atoms with van der Waals surface area (Å²) in [5, 5.41) is 1.92. The van der Waals surface area contributed by atoms with Crippen LogP contribution in [0.3, 0.4) is 0 Å². The number of hydrogen-bond acceptors (Lipinski definition) is 3. The molecule has 0 atom stereocenters. The van der Waals surface area contributed by atoms with Gasteiger partial charge in [0, 0.05) is 27.3 Å². The van der Waals surface area contributed by atoms with E-state index in [2.05, 4.69) is 16.0 Å². The van der Waals surface area contributed by atoms with Crippen molar-refractivity contribution in [2.24, 2.45) is 0 Å². The van der Waals surface area contributed by atoms with Gasteiger partial charge in [0.2, 0.25) is 0 Å². The van der Waals surface area contributed by atoms with Gasteiger partial charge in [0.05, 0.1) is 8.44 Å². The van der Waals surface area contributed by atoms with Gasteiger partial charge in [-0.15, -0.1) is 11.3 Å². The fourth-order valence-corrected chi connectivity index (χ4v) is 5.28. The molecule has 0 radical (unpaired) electrons. The van der Waals surface area contributed by atoms with Crippen LogP contribution in [0.15, 0.2) is 30.4 Å². The third-order valence-electron chi connectivity index (χ3n) is 5.37. The summed E-state index contributed by atoms with van der Waals surface area (Å²) in [4.78, 5) is 9.69. The standard InChI is InChI=1S/C23H24N2S/c1-15-10-12-19-18-8-5-9-20(22(18)26-23(19)25-15)21-13-11-17(14-24-21)16-6-3-2-4-7-16/h8,10-14,16H,2-7,9H2,1H3/i1D3,11D,13D,16D. The number of rotatable bonds is 2. The van der Waals surface area contributed by atoms with Crippen LogP contribution in [0.1, 0.15) is 76.0 Å². The maximum atomic E-state index is 8.87. The number of fused-ring (bicyclic) bond motifs is 3. The lowest BCUT2D eigenvalue weighted by Gasteiger charge is -2.21. The van der Waals surface area contributed by atoms with E-state index in [0.717, 1.165) is 46.4 Å². The maximum absolute atomic E-state index is 8.87. The lowest BCUT2D eigenvalue weighted by atomic mass is 9.84. The minimum absolute atomic E-state index is 0.0791. The summed E-state index contributed by atoms with van der Waals surface area (Å²) in [5.74, 6) is -0.819. The average molecular weight is 367 g/mol. The second-order valence-electron chi connectivity index (χ2n) is 7.05. The van der Waals surface area contributed by atoms with Crippen molar-refractivity contribution in [3.05, 3.63) is 57.1 Å². The van der Waals surface area contributed by atoms with Gasteiger partial charge in [-0.2, -0.15) is 0 Å². The summed E-state index contributed by atoms with van der Waals surface area (Å²) < 4.78 is 50.1. The normalized spacial score (nSPS) is 23.0. The smallest absolute Gasteiger partial charge is 0.124 e. The monoisotopic (exact) mass is 366 g/mol. The summed E-state index contributed by atoms with van der Waals surface area (Å²) in [7, 11) is 0. The van der Waals surface area contributed by atoms with Crippen molar-refractivity contribution in [3.63, 3.8) is 0 Å². The van der Waals surface area contributed by atoms with Gasteiger partial charge in [-0.1, -0.05) is 31.4 Å². The fourth-order valence-electron chi connectivity index (χ4n) is 4.03. The van der Waals surface area contributed by atoms with Crippen molar-refractivity contribution in [2.45, 2.75) is 57.7 Å². The SMILES string of the molecule is [2H]c1c(C2([2H])CCCCC2)cnc(C2=c3sc4nc(C([2H])([2H])[2H])ccc4c3=CCC2)c1[2H]. The molecule has 26 heavy (non-hydrogen) atoms. The van der Waals surface area contributed by atoms with Crippen LogP contribution in [0.2, 0.25) is 0 Å². The van der Waals surface area contributed by atoms with Crippen molar-refractivity contribution in [1.29, 1.82) is 0 Å². The van der Waals surface area contributed by atoms with E-state index in [9.17, 15) is 0 Å². The molecule has 0 spiro atoms. The first-order valence-electron chi connectivity index (χ1n) is 12.3. The summed E-state index contributed by atoms with van der Waals surface area (Å²) in [6.07, 6.45) is 9.76. The molecular formula is C23H24N2S. The Morgan fingerprint density at radius 1 is 1.23 bits per heavy atom. The van der Waals surface area contributed by atoms with E-state index >= 15 is 0 Å². The van der Waals surface area contributed by atoms with E-state index in [1.807, 2.05) is 6.07 Å². The largest absolute Gasteiger partial charge is 0.256 e. The summed E-state index contributed by atoms with van der Waals surface area (Å²) in [6.45, 7) is -2.26. The first kappa shape index (κ1) is 11.0. The highest BCUT2D eigenvalue weighted by Crippen LogP contribution is 2.32. The van der Waals surface area contributed by atoms with Gasteiger partial charge in [-0.25, -0.2) is 4.98 Å². The molecule has 0 aliphatic heterocycles. The number of hydrogen-bond donors (Lipinski definition) is 0. The van der Waals surface area contributed by atoms with Gasteiger partial charge in [0.25, 0.3) is 0 Å². The predicted molar refractivity (Wildman–Crippen MR) is 110 cm³/mol. The lowest BCUT2D eigenvalue weighted by Crippen LogP contribution is -2.25. The van der Waals surface area contributed by atoms with Crippen LogP contribution >= 0.6 is 11.3 Å². The Kier molecular flexibility index (Phi) is 2.80. The second kappa shape index (κ2) is 6.62. The van der Waals surface area contributed by atoms with Crippen LogP contribution in [0.5, 0.6) is 0 Å². The Hall–Kier alpha value is -2.00. The molecular weight excluding hydrogens is 336 g/mol. The molecule has 2 nitrogen and oxygen atoms in total. The van der Waals surface area contributed by atoms with E-state index < -0.39 is 12.7 Å². The molecule has 1 saturated carbocycles. The quantitative estimate of drug-likeness (QED) is 0.650. The first-order valence-corrected chi connectivity index (χ1v) is 10.1. The summed E-state index contributed by atoms with van der Waals surface area (Å²) in [6, 6.07) is 3.57. The van der Waals surface area contributed by atoms with Gasteiger partial charge in [0.15, 0.2) is 0 Å². The zero-order chi connectivity index (χ0) is 22.7. The predicted octanol–water partition coefficient (Wildman–Crippen LogP) is 4.82. The van der Waals surface area contributed by atoms with Crippen LogP contribution in [0.4, 0.5) is 0 Å². The van der Waals surface area contributed by atoms with Gasteiger partial charge in [-0.3, -0.25) is 4.98 Å². The second-order valence-corrected chi connectivity index (χ2v) is 8.05.